The number of carbonyl (C=O) groups is 1. The summed E-state index contributed by atoms with van der Waals surface area (Å²) in [6.45, 7) is 3.33. The SMILES string of the molecule is C=CC(=O)Oc1ccc2cc(N)cc(N)c2c1. The normalized spacial score (nSPS) is 10.1. The molecule has 0 aromatic heterocycles. The first-order valence-electron chi connectivity index (χ1n) is 5.03. The van der Waals surface area contributed by atoms with E-state index in [4.69, 9.17) is 16.2 Å². The molecule has 0 amide bonds. The average Bonchev–Trinajstić information content (AvgIpc) is 2.29. The van der Waals surface area contributed by atoms with Crippen molar-refractivity contribution in [3.8, 4) is 5.75 Å². The van der Waals surface area contributed by atoms with Crippen molar-refractivity contribution in [2.24, 2.45) is 0 Å². The number of carbonyl (C=O) groups excluding carboxylic acids is 1. The molecule has 86 valence electrons. The van der Waals surface area contributed by atoms with Gasteiger partial charge in [0, 0.05) is 22.8 Å². The summed E-state index contributed by atoms with van der Waals surface area (Å²) in [6, 6.07) is 8.66. The Morgan fingerprint density at radius 1 is 1.24 bits per heavy atom. The van der Waals surface area contributed by atoms with Gasteiger partial charge in [0.25, 0.3) is 0 Å². The summed E-state index contributed by atoms with van der Waals surface area (Å²) in [6.07, 6.45) is 1.11. The molecule has 2 aromatic carbocycles. The van der Waals surface area contributed by atoms with Gasteiger partial charge in [-0.1, -0.05) is 12.6 Å². The van der Waals surface area contributed by atoms with Gasteiger partial charge < -0.3 is 16.2 Å². The monoisotopic (exact) mass is 228 g/mol. The van der Waals surface area contributed by atoms with Crippen LogP contribution in [0.5, 0.6) is 5.75 Å². The van der Waals surface area contributed by atoms with E-state index in [-0.39, 0.29) is 0 Å². The van der Waals surface area contributed by atoms with Crippen molar-refractivity contribution in [1.82, 2.24) is 0 Å². The molecule has 0 aliphatic rings. The molecule has 0 fully saturated rings. The van der Waals surface area contributed by atoms with E-state index in [2.05, 4.69) is 6.58 Å². The molecule has 4 N–H and O–H groups in total. The zero-order valence-corrected chi connectivity index (χ0v) is 9.14. The van der Waals surface area contributed by atoms with Crippen LogP contribution in [-0.4, -0.2) is 5.97 Å². The number of nitrogens with two attached hydrogens (primary N) is 2. The van der Waals surface area contributed by atoms with E-state index < -0.39 is 5.97 Å². The third kappa shape index (κ3) is 2.20. The molecular weight excluding hydrogens is 216 g/mol. The van der Waals surface area contributed by atoms with Crippen molar-refractivity contribution in [2.75, 3.05) is 11.5 Å². The van der Waals surface area contributed by atoms with Crippen LogP contribution in [0.3, 0.4) is 0 Å². The molecule has 0 unspecified atom stereocenters. The fourth-order valence-electron chi connectivity index (χ4n) is 1.61. The third-order valence-corrected chi connectivity index (χ3v) is 2.37. The van der Waals surface area contributed by atoms with Crippen molar-refractivity contribution >= 4 is 28.1 Å². The summed E-state index contributed by atoms with van der Waals surface area (Å²) in [4.78, 5) is 11.1. The summed E-state index contributed by atoms with van der Waals surface area (Å²) in [7, 11) is 0. The van der Waals surface area contributed by atoms with E-state index in [0.29, 0.717) is 17.1 Å². The van der Waals surface area contributed by atoms with Crippen molar-refractivity contribution in [1.29, 1.82) is 0 Å². The molecule has 2 aromatic rings. The Morgan fingerprint density at radius 2 is 2.00 bits per heavy atom. The van der Waals surface area contributed by atoms with Gasteiger partial charge in [-0.25, -0.2) is 4.79 Å². The number of benzene rings is 2. The predicted octanol–water partition coefficient (Wildman–Crippen LogP) is 2.10. The van der Waals surface area contributed by atoms with Crippen LogP contribution in [-0.2, 0) is 4.79 Å². The number of esters is 1. The first-order chi connectivity index (χ1) is 8.10. The maximum atomic E-state index is 11.1. The molecule has 4 heteroatoms. The molecule has 0 aliphatic carbocycles. The molecule has 2 rings (SSSR count). The zero-order valence-electron chi connectivity index (χ0n) is 9.14. The van der Waals surface area contributed by atoms with Gasteiger partial charge in [-0.05, 0) is 29.7 Å². The van der Waals surface area contributed by atoms with Crippen molar-refractivity contribution in [2.45, 2.75) is 0 Å². The molecule has 0 saturated carbocycles. The van der Waals surface area contributed by atoms with Crippen molar-refractivity contribution in [3.05, 3.63) is 43.0 Å². The van der Waals surface area contributed by atoms with Gasteiger partial charge in [-0.2, -0.15) is 0 Å². The number of rotatable bonds is 2. The fourth-order valence-corrected chi connectivity index (χ4v) is 1.61. The minimum absolute atomic E-state index is 0.430. The van der Waals surface area contributed by atoms with Crippen LogP contribution in [0.1, 0.15) is 0 Å². The highest BCUT2D eigenvalue weighted by atomic mass is 16.5. The van der Waals surface area contributed by atoms with Crippen LogP contribution in [0.15, 0.2) is 43.0 Å². The van der Waals surface area contributed by atoms with Gasteiger partial charge in [0.1, 0.15) is 5.75 Å². The Balaban J connectivity index is 2.50. The summed E-state index contributed by atoms with van der Waals surface area (Å²) >= 11 is 0. The molecule has 17 heavy (non-hydrogen) atoms. The molecular formula is C13H12N2O2. The maximum absolute atomic E-state index is 11.1. The Labute approximate surface area is 98.5 Å². The predicted molar refractivity (Wildman–Crippen MR) is 68.6 cm³/mol. The quantitative estimate of drug-likeness (QED) is 0.357. The van der Waals surface area contributed by atoms with Crippen LogP contribution in [0.2, 0.25) is 0 Å². The Morgan fingerprint density at radius 3 is 2.71 bits per heavy atom. The summed E-state index contributed by atoms with van der Waals surface area (Å²) in [5.41, 5.74) is 12.7. The molecule has 4 nitrogen and oxygen atoms in total. The van der Waals surface area contributed by atoms with Crippen LogP contribution < -0.4 is 16.2 Å². The lowest BCUT2D eigenvalue weighted by atomic mass is 10.1. The van der Waals surface area contributed by atoms with Gasteiger partial charge in [0.2, 0.25) is 0 Å². The fraction of sp³-hybridized carbons (Fsp3) is 0. The second kappa shape index (κ2) is 4.17. The molecule has 0 bridgehead atoms. The maximum Gasteiger partial charge on any atom is 0.335 e. The number of anilines is 2. The van der Waals surface area contributed by atoms with E-state index in [1.165, 1.54) is 0 Å². The molecule has 0 spiro atoms. The van der Waals surface area contributed by atoms with Gasteiger partial charge in [-0.15, -0.1) is 0 Å². The Kier molecular flexibility index (Phi) is 2.70. The van der Waals surface area contributed by atoms with Crippen molar-refractivity contribution < 1.29 is 9.53 Å². The number of ether oxygens (including phenoxy) is 1. The number of hydrogen-bond acceptors (Lipinski definition) is 4. The molecule has 0 saturated heterocycles. The zero-order chi connectivity index (χ0) is 12.4. The number of nitrogen functional groups attached to an aromatic ring is 2. The van der Waals surface area contributed by atoms with Crippen LogP contribution in [0, 0.1) is 0 Å². The van der Waals surface area contributed by atoms with E-state index >= 15 is 0 Å². The molecule has 0 aliphatic heterocycles. The topological polar surface area (TPSA) is 78.3 Å². The summed E-state index contributed by atoms with van der Waals surface area (Å²) < 4.78 is 5.01. The van der Waals surface area contributed by atoms with Crippen LogP contribution in [0.4, 0.5) is 11.4 Å². The standard InChI is InChI=1S/C13H12N2O2/c1-2-13(16)17-10-4-3-8-5-9(14)6-12(15)11(8)7-10/h2-7H,1,14-15H2. The highest BCUT2D eigenvalue weighted by molar-refractivity contribution is 5.97. The second-order valence-corrected chi connectivity index (χ2v) is 3.62. The van der Waals surface area contributed by atoms with E-state index in [0.717, 1.165) is 16.8 Å². The Bertz CT molecular complexity index is 606. The smallest absolute Gasteiger partial charge is 0.335 e. The minimum atomic E-state index is -0.502. The number of fused-ring (bicyclic) bond motifs is 1. The molecule has 0 radical (unpaired) electrons. The molecule has 0 atom stereocenters. The van der Waals surface area contributed by atoms with Gasteiger partial charge in [0.05, 0.1) is 0 Å². The summed E-state index contributed by atoms with van der Waals surface area (Å²) in [5, 5.41) is 1.70. The van der Waals surface area contributed by atoms with Crippen molar-refractivity contribution in [3.63, 3.8) is 0 Å². The van der Waals surface area contributed by atoms with Gasteiger partial charge in [0.15, 0.2) is 0 Å². The van der Waals surface area contributed by atoms with Gasteiger partial charge in [-0.3, -0.25) is 0 Å². The average molecular weight is 228 g/mol. The van der Waals surface area contributed by atoms with Crippen LogP contribution in [0.25, 0.3) is 10.8 Å². The first-order valence-corrected chi connectivity index (χ1v) is 5.03. The lowest BCUT2D eigenvalue weighted by Gasteiger charge is -2.06. The number of hydrogen-bond donors (Lipinski definition) is 2. The lowest BCUT2D eigenvalue weighted by Crippen LogP contribution is -2.03. The van der Waals surface area contributed by atoms with E-state index in [1.807, 2.05) is 6.07 Å². The third-order valence-electron chi connectivity index (χ3n) is 2.37. The molecule has 0 heterocycles. The summed E-state index contributed by atoms with van der Waals surface area (Å²) in [5.74, 6) is -0.0720. The highest BCUT2D eigenvalue weighted by Crippen LogP contribution is 2.28. The lowest BCUT2D eigenvalue weighted by molar-refractivity contribution is -0.128. The van der Waals surface area contributed by atoms with E-state index in [9.17, 15) is 4.79 Å². The minimum Gasteiger partial charge on any atom is -0.423 e. The first kappa shape index (κ1) is 11.0. The van der Waals surface area contributed by atoms with E-state index in [1.54, 1.807) is 24.3 Å². The largest absolute Gasteiger partial charge is 0.423 e. The highest BCUT2D eigenvalue weighted by Gasteiger charge is 2.04. The second-order valence-electron chi connectivity index (χ2n) is 3.62. The van der Waals surface area contributed by atoms with Gasteiger partial charge >= 0.3 is 5.97 Å². The Hall–Kier alpha value is -2.49. The van der Waals surface area contributed by atoms with Crippen LogP contribution >= 0.6 is 0 Å².